The van der Waals surface area contributed by atoms with Crippen LogP contribution in [0.2, 0.25) is 0 Å². The first-order valence-electron chi connectivity index (χ1n) is 13.2. The summed E-state index contributed by atoms with van der Waals surface area (Å²) >= 11 is 0. The second kappa shape index (κ2) is 8.91. The molecule has 2 unspecified atom stereocenters. The molecule has 0 saturated heterocycles. The van der Waals surface area contributed by atoms with E-state index < -0.39 is 0 Å². The summed E-state index contributed by atoms with van der Waals surface area (Å²) in [5.41, 5.74) is 3.43. The first-order valence-corrected chi connectivity index (χ1v) is 13.2. The van der Waals surface area contributed by atoms with E-state index in [1.807, 2.05) is 30.7 Å². The number of nitrogens with one attached hydrogen (secondary N) is 1. The molecule has 7 heteroatoms. The van der Waals surface area contributed by atoms with Gasteiger partial charge < -0.3 is 14.3 Å². The maximum absolute atomic E-state index is 15.4. The van der Waals surface area contributed by atoms with Crippen LogP contribution in [0.4, 0.5) is 4.39 Å². The Morgan fingerprint density at radius 3 is 2.68 bits per heavy atom. The summed E-state index contributed by atoms with van der Waals surface area (Å²) < 4.78 is 23.3. The van der Waals surface area contributed by atoms with Gasteiger partial charge in [0.15, 0.2) is 0 Å². The van der Waals surface area contributed by atoms with E-state index in [0.29, 0.717) is 33.6 Å². The zero-order valence-corrected chi connectivity index (χ0v) is 21.8. The molecule has 2 aliphatic carbocycles. The largest absolute Gasteiger partial charge is 0.463 e. The number of aryl methyl sites for hydroxylation is 2. The number of aromatic nitrogens is 3. The Balaban J connectivity index is 1.42. The zero-order chi connectivity index (χ0) is 25.9. The molecule has 2 heterocycles. The highest BCUT2D eigenvalue weighted by Crippen LogP contribution is 2.46. The molecule has 6 rings (SSSR count). The first kappa shape index (κ1) is 24.0. The average molecular weight is 501 g/mol. The molecule has 2 fully saturated rings. The Kier molecular flexibility index (Phi) is 5.79. The Labute approximate surface area is 215 Å². The van der Waals surface area contributed by atoms with Crippen LogP contribution < -0.4 is 10.7 Å². The summed E-state index contributed by atoms with van der Waals surface area (Å²) in [5, 5.41) is 12.5. The average Bonchev–Trinajstić information content (AvgIpc) is 3.61. The molecule has 0 radical (unpaired) electrons. The van der Waals surface area contributed by atoms with Gasteiger partial charge in [0.05, 0.1) is 10.9 Å². The monoisotopic (exact) mass is 500 g/mol. The van der Waals surface area contributed by atoms with Crippen molar-refractivity contribution in [2.24, 2.45) is 13.0 Å². The lowest BCUT2D eigenvalue weighted by Gasteiger charge is -2.41. The zero-order valence-electron chi connectivity index (χ0n) is 21.8. The molecule has 1 N–H and O–H groups in total. The Morgan fingerprint density at radius 1 is 1.24 bits per heavy atom. The van der Waals surface area contributed by atoms with Crippen LogP contribution in [0.15, 0.2) is 52.1 Å². The van der Waals surface area contributed by atoms with E-state index in [2.05, 4.69) is 34.6 Å². The molecule has 2 aromatic carbocycles. The van der Waals surface area contributed by atoms with Gasteiger partial charge in [0.1, 0.15) is 29.8 Å². The second-order valence-corrected chi connectivity index (χ2v) is 11.3. The van der Waals surface area contributed by atoms with Crippen molar-refractivity contribution < 1.29 is 8.81 Å². The summed E-state index contributed by atoms with van der Waals surface area (Å²) in [6.45, 7) is 5.82. The van der Waals surface area contributed by atoms with Crippen molar-refractivity contribution in [2.75, 3.05) is 0 Å². The van der Waals surface area contributed by atoms with E-state index >= 15 is 4.39 Å². The molecule has 0 aliphatic heterocycles. The highest BCUT2D eigenvalue weighted by molar-refractivity contribution is 5.85. The maximum Gasteiger partial charge on any atom is 0.200 e. The van der Waals surface area contributed by atoms with Gasteiger partial charge in [-0.15, -0.1) is 10.2 Å². The molecule has 2 atom stereocenters. The van der Waals surface area contributed by atoms with Gasteiger partial charge in [0.2, 0.25) is 5.43 Å². The van der Waals surface area contributed by atoms with Crippen molar-refractivity contribution in [2.45, 2.75) is 70.4 Å². The van der Waals surface area contributed by atoms with E-state index in [9.17, 15) is 4.79 Å². The van der Waals surface area contributed by atoms with Gasteiger partial charge in [0.25, 0.3) is 0 Å². The van der Waals surface area contributed by atoms with Crippen molar-refractivity contribution in [3.63, 3.8) is 0 Å². The van der Waals surface area contributed by atoms with Crippen molar-refractivity contribution in [3.8, 4) is 11.1 Å². The minimum Gasteiger partial charge on any atom is -0.463 e. The summed E-state index contributed by atoms with van der Waals surface area (Å²) in [5.74, 6) is 1.26. The van der Waals surface area contributed by atoms with Gasteiger partial charge in [-0.2, -0.15) is 0 Å². The number of hydrogen-bond acceptors (Lipinski definition) is 5. The Hall–Kier alpha value is -3.32. The second-order valence-electron chi connectivity index (χ2n) is 11.3. The van der Waals surface area contributed by atoms with Gasteiger partial charge in [-0.3, -0.25) is 4.79 Å². The Bertz CT molecular complexity index is 1550. The van der Waals surface area contributed by atoms with E-state index in [0.717, 1.165) is 42.6 Å². The lowest BCUT2D eigenvalue weighted by Crippen LogP contribution is -2.49. The van der Waals surface area contributed by atoms with Crippen LogP contribution >= 0.6 is 0 Å². The van der Waals surface area contributed by atoms with Crippen molar-refractivity contribution in [3.05, 3.63) is 81.5 Å². The van der Waals surface area contributed by atoms with Gasteiger partial charge in [-0.05, 0) is 76.0 Å². The molecule has 2 saturated carbocycles. The summed E-state index contributed by atoms with van der Waals surface area (Å²) in [4.78, 5) is 13.8. The summed E-state index contributed by atoms with van der Waals surface area (Å²) in [7, 11) is 1.97. The van der Waals surface area contributed by atoms with E-state index in [1.165, 1.54) is 12.7 Å². The normalized spacial score (nSPS) is 18.5. The predicted molar refractivity (Wildman–Crippen MR) is 142 cm³/mol. The summed E-state index contributed by atoms with van der Waals surface area (Å²) in [6, 6.07) is 9.53. The van der Waals surface area contributed by atoms with E-state index in [-0.39, 0.29) is 28.7 Å². The molecule has 192 valence electrons. The fourth-order valence-corrected chi connectivity index (χ4v) is 5.94. The highest BCUT2D eigenvalue weighted by Gasteiger charge is 2.36. The molecule has 37 heavy (non-hydrogen) atoms. The molecular weight excluding hydrogens is 467 g/mol. The van der Waals surface area contributed by atoms with Crippen LogP contribution in [-0.2, 0) is 7.05 Å². The third-order valence-electron chi connectivity index (χ3n) is 8.41. The summed E-state index contributed by atoms with van der Waals surface area (Å²) in [6.07, 6.45) is 8.83. The minimum absolute atomic E-state index is 0.0164. The standard InChI is InChI=1S/C30H33FN4O2/c1-17-26(31)22(18(2)33-30(3)11-6-12-30)14-23-27(36)24(15-37-28(17)23)20-7-5-8-21(13-20)25(19-9-10-19)29-34-32-16-35(29)4/h5,7-8,13-16,18-19,25,33H,6,9-12H2,1-4H3. The van der Waals surface area contributed by atoms with Crippen LogP contribution in [0.25, 0.3) is 22.1 Å². The number of nitrogens with zero attached hydrogens (tertiary/aromatic N) is 3. The third-order valence-corrected chi connectivity index (χ3v) is 8.41. The number of fused-ring (bicyclic) bond motifs is 1. The molecule has 2 aliphatic rings. The smallest absolute Gasteiger partial charge is 0.200 e. The number of benzene rings is 2. The third kappa shape index (κ3) is 4.19. The lowest BCUT2D eigenvalue weighted by molar-refractivity contribution is 0.188. The fourth-order valence-electron chi connectivity index (χ4n) is 5.94. The van der Waals surface area contributed by atoms with Gasteiger partial charge in [0, 0.05) is 35.7 Å². The van der Waals surface area contributed by atoms with Gasteiger partial charge >= 0.3 is 0 Å². The van der Waals surface area contributed by atoms with Crippen LogP contribution in [0.3, 0.4) is 0 Å². The molecule has 0 bridgehead atoms. The SMILES string of the molecule is Cc1c(F)c(C(C)NC2(C)CCC2)cc2c(=O)c(-c3cccc(C(c4nncn4C)C4CC4)c3)coc12. The Morgan fingerprint density at radius 2 is 2.03 bits per heavy atom. The number of hydrogen-bond donors (Lipinski definition) is 1. The van der Waals surface area contributed by atoms with Crippen molar-refractivity contribution in [1.82, 2.24) is 20.1 Å². The molecule has 0 spiro atoms. The molecule has 2 aromatic heterocycles. The number of halogens is 1. The molecular formula is C30H33FN4O2. The minimum atomic E-state index is -0.315. The van der Waals surface area contributed by atoms with Crippen molar-refractivity contribution in [1.29, 1.82) is 0 Å². The first-order chi connectivity index (χ1) is 17.8. The highest BCUT2D eigenvalue weighted by atomic mass is 19.1. The van der Waals surface area contributed by atoms with Crippen LogP contribution in [-0.4, -0.2) is 20.3 Å². The lowest BCUT2D eigenvalue weighted by atomic mass is 9.77. The topological polar surface area (TPSA) is 73.0 Å². The maximum atomic E-state index is 15.4. The van der Waals surface area contributed by atoms with Crippen LogP contribution in [0.1, 0.15) is 80.4 Å². The van der Waals surface area contributed by atoms with Gasteiger partial charge in [-0.25, -0.2) is 4.39 Å². The molecule has 0 amide bonds. The molecule has 6 nitrogen and oxygen atoms in total. The molecule has 4 aromatic rings. The van der Waals surface area contributed by atoms with Crippen LogP contribution in [0.5, 0.6) is 0 Å². The fraction of sp³-hybridized carbons (Fsp3) is 0.433. The van der Waals surface area contributed by atoms with Crippen molar-refractivity contribution >= 4 is 11.0 Å². The number of rotatable bonds is 7. The predicted octanol–water partition coefficient (Wildman–Crippen LogP) is 6.17. The van der Waals surface area contributed by atoms with E-state index in [1.54, 1.807) is 19.3 Å². The van der Waals surface area contributed by atoms with E-state index in [4.69, 9.17) is 4.42 Å². The van der Waals surface area contributed by atoms with Gasteiger partial charge in [-0.1, -0.05) is 24.3 Å². The quantitative estimate of drug-likeness (QED) is 0.328. The van der Waals surface area contributed by atoms with Crippen LogP contribution in [0, 0.1) is 18.7 Å².